The van der Waals surface area contributed by atoms with E-state index in [0.29, 0.717) is 13.2 Å². The summed E-state index contributed by atoms with van der Waals surface area (Å²) in [7, 11) is 0. The van der Waals surface area contributed by atoms with Crippen molar-refractivity contribution >= 4 is 17.2 Å². The highest BCUT2D eigenvalue weighted by Gasteiger charge is 2.15. The van der Waals surface area contributed by atoms with E-state index in [9.17, 15) is 4.79 Å². The number of fused-ring (bicyclic) bond motifs is 1. The predicted molar refractivity (Wildman–Crippen MR) is 65.6 cm³/mol. The molecule has 4 nitrogen and oxygen atoms in total. The van der Waals surface area contributed by atoms with Crippen molar-refractivity contribution in [2.75, 3.05) is 13.2 Å². The van der Waals surface area contributed by atoms with Crippen molar-refractivity contribution in [1.82, 2.24) is 10.3 Å². The number of thiazole rings is 1. The van der Waals surface area contributed by atoms with Crippen molar-refractivity contribution in [3.8, 4) is 11.8 Å². The standard InChI is InChI=1S/C12H14N2O2S/c1-2-3-11(15)13-6-4-12-14-9-5-7-16-8-10(9)17-12/h4-8H2,1H3,(H,13,15). The first-order chi connectivity index (χ1) is 8.29. The molecule has 0 aromatic carbocycles. The van der Waals surface area contributed by atoms with Crippen LogP contribution in [0.15, 0.2) is 0 Å². The molecule has 0 fully saturated rings. The molecule has 1 aliphatic rings. The molecule has 1 N–H and O–H groups in total. The van der Waals surface area contributed by atoms with Crippen LogP contribution in [0.1, 0.15) is 22.5 Å². The summed E-state index contributed by atoms with van der Waals surface area (Å²) in [5, 5.41) is 3.80. The fraction of sp³-hybridized carbons (Fsp3) is 0.500. The average Bonchev–Trinajstić information content (AvgIpc) is 2.71. The number of carbonyl (C=O) groups is 1. The minimum atomic E-state index is -0.225. The lowest BCUT2D eigenvalue weighted by Gasteiger charge is -2.08. The molecule has 2 heterocycles. The van der Waals surface area contributed by atoms with Crippen LogP contribution in [0, 0.1) is 11.8 Å². The van der Waals surface area contributed by atoms with Crippen LogP contribution < -0.4 is 5.32 Å². The van der Waals surface area contributed by atoms with Crippen molar-refractivity contribution in [2.45, 2.75) is 26.4 Å². The molecule has 5 heteroatoms. The van der Waals surface area contributed by atoms with Gasteiger partial charge in [0.1, 0.15) is 0 Å². The van der Waals surface area contributed by atoms with E-state index in [2.05, 4.69) is 22.1 Å². The molecule has 17 heavy (non-hydrogen) atoms. The van der Waals surface area contributed by atoms with Crippen LogP contribution in [0.4, 0.5) is 0 Å². The molecule has 0 saturated heterocycles. The van der Waals surface area contributed by atoms with Gasteiger partial charge in [-0.2, -0.15) is 0 Å². The summed E-state index contributed by atoms with van der Waals surface area (Å²) < 4.78 is 5.37. The highest BCUT2D eigenvalue weighted by atomic mass is 32.1. The molecule has 0 saturated carbocycles. The zero-order valence-corrected chi connectivity index (χ0v) is 10.5. The lowest BCUT2D eigenvalue weighted by atomic mass is 10.2. The Balaban J connectivity index is 1.84. The number of nitrogens with zero attached hydrogens (tertiary/aromatic N) is 1. The van der Waals surface area contributed by atoms with Gasteiger partial charge in [0.25, 0.3) is 5.91 Å². The van der Waals surface area contributed by atoms with Crippen LogP contribution in [-0.4, -0.2) is 24.0 Å². The SMILES string of the molecule is CC#CC(=O)NCCc1nc2c(s1)COCC2. The number of nitrogens with one attached hydrogen (secondary N) is 1. The zero-order valence-electron chi connectivity index (χ0n) is 9.71. The van der Waals surface area contributed by atoms with E-state index < -0.39 is 0 Å². The van der Waals surface area contributed by atoms with Crippen molar-refractivity contribution in [3.05, 3.63) is 15.6 Å². The molecule has 90 valence electrons. The molecule has 0 spiro atoms. The normalized spacial score (nSPS) is 13.5. The number of carbonyl (C=O) groups excluding carboxylic acids is 1. The largest absolute Gasteiger partial charge is 0.375 e. The van der Waals surface area contributed by atoms with Crippen LogP contribution >= 0.6 is 11.3 Å². The molecular formula is C12H14N2O2S. The Morgan fingerprint density at radius 1 is 1.65 bits per heavy atom. The topological polar surface area (TPSA) is 51.2 Å². The van der Waals surface area contributed by atoms with Crippen molar-refractivity contribution < 1.29 is 9.53 Å². The Bertz CT molecular complexity index is 447. The Labute approximate surface area is 104 Å². The molecule has 1 aromatic heterocycles. The van der Waals surface area contributed by atoms with E-state index in [1.807, 2.05) is 0 Å². The molecule has 1 amide bonds. The predicted octanol–water partition coefficient (Wildman–Crippen LogP) is 0.898. The second kappa shape index (κ2) is 5.80. The van der Waals surface area contributed by atoms with E-state index in [0.717, 1.165) is 30.2 Å². The molecule has 0 bridgehead atoms. The van der Waals surface area contributed by atoms with Gasteiger partial charge in [-0.1, -0.05) is 5.92 Å². The Morgan fingerprint density at radius 2 is 2.53 bits per heavy atom. The highest BCUT2D eigenvalue weighted by Crippen LogP contribution is 2.23. The van der Waals surface area contributed by atoms with Gasteiger partial charge in [-0.3, -0.25) is 4.79 Å². The van der Waals surface area contributed by atoms with E-state index >= 15 is 0 Å². The monoisotopic (exact) mass is 250 g/mol. The second-order valence-electron chi connectivity index (χ2n) is 3.66. The van der Waals surface area contributed by atoms with E-state index in [1.165, 1.54) is 4.88 Å². The van der Waals surface area contributed by atoms with Crippen molar-refractivity contribution in [2.24, 2.45) is 0 Å². The molecular weight excluding hydrogens is 236 g/mol. The number of ether oxygens (including phenoxy) is 1. The first-order valence-electron chi connectivity index (χ1n) is 5.55. The maximum atomic E-state index is 11.1. The highest BCUT2D eigenvalue weighted by molar-refractivity contribution is 7.11. The lowest BCUT2D eigenvalue weighted by molar-refractivity contribution is -0.115. The molecule has 2 rings (SSSR count). The summed E-state index contributed by atoms with van der Waals surface area (Å²) in [5.74, 6) is 4.78. The summed E-state index contributed by atoms with van der Waals surface area (Å²) in [5.41, 5.74) is 1.16. The van der Waals surface area contributed by atoms with Gasteiger partial charge in [0.15, 0.2) is 0 Å². The zero-order chi connectivity index (χ0) is 12.1. The summed E-state index contributed by atoms with van der Waals surface area (Å²) in [6.07, 6.45) is 1.66. The number of amides is 1. The smallest absolute Gasteiger partial charge is 0.295 e. The van der Waals surface area contributed by atoms with Crippen LogP contribution in [0.3, 0.4) is 0 Å². The third-order valence-electron chi connectivity index (χ3n) is 2.40. The molecule has 1 aliphatic heterocycles. The van der Waals surface area contributed by atoms with Crippen LogP contribution in [0.25, 0.3) is 0 Å². The van der Waals surface area contributed by atoms with Gasteiger partial charge in [0.05, 0.1) is 28.8 Å². The quantitative estimate of drug-likeness (QED) is 0.811. The van der Waals surface area contributed by atoms with Gasteiger partial charge >= 0.3 is 0 Å². The molecule has 0 unspecified atom stereocenters. The van der Waals surface area contributed by atoms with Gasteiger partial charge in [-0.25, -0.2) is 4.98 Å². The van der Waals surface area contributed by atoms with Crippen LogP contribution in [-0.2, 0) is 29.0 Å². The van der Waals surface area contributed by atoms with E-state index in [1.54, 1.807) is 18.3 Å². The van der Waals surface area contributed by atoms with Crippen LogP contribution in [0.5, 0.6) is 0 Å². The third-order valence-corrected chi connectivity index (χ3v) is 3.53. The summed E-state index contributed by atoms with van der Waals surface area (Å²) in [4.78, 5) is 16.9. The minimum Gasteiger partial charge on any atom is -0.375 e. The summed E-state index contributed by atoms with van der Waals surface area (Å²) in [6, 6.07) is 0. The number of hydrogen-bond acceptors (Lipinski definition) is 4. The number of hydrogen-bond donors (Lipinski definition) is 1. The Kier molecular flexibility index (Phi) is 4.13. The summed E-state index contributed by atoms with van der Waals surface area (Å²) in [6.45, 7) is 3.68. The fourth-order valence-electron chi connectivity index (χ4n) is 1.63. The minimum absolute atomic E-state index is 0.225. The van der Waals surface area contributed by atoms with Crippen molar-refractivity contribution in [3.63, 3.8) is 0 Å². The number of rotatable bonds is 3. The second-order valence-corrected chi connectivity index (χ2v) is 4.83. The van der Waals surface area contributed by atoms with Crippen LogP contribution in [0.2, 0.25) is 0 Å². The fourth-order valence-corrected chi connectivity index (χ4v) is 2.68. The number of aromatic nitrogens is 1. The Hall–Kier alpha value is -1.38. The average molecular weight is 250 g/mol. The van der Waals surface area contributed by atoms with E-state index in [-0.39, 0.29) is 5.91 Å². The van der Waals surface area contributed by atoms with Crippen molar-refractivity contribution in [1.29, 1.82) is 0 Å². The maximum Gasteiger partial charge on any atom is 0.295 e. The maximum absolute atomic E-state index is 11.1. The first kappa shape index (κ1) is 12.1. The van der Waals surface area contributed by atoms with Gasteiger partial charge in [-0.05, 0) is 12.8 Å². The van der Waals surface area contributed by atoms with Gasteiger partial charge < -0.3 is 10.1 Å². The third kappa shape index (κ3) is 3.29. The molecule has 1 aromatic rings. The Morgan fingerprint density at radius 3 is 3.29 bits per heavy atom. The lowest BCUT2D eigenvalue weighted by Crippen LogP contribution is -2.23. The van der Waals surface area contributed by atoms with Gasteiger partial charge in [0.2, 0.25) is 0 Å². The van der Waals surface area contributed by atoms with Gasteiger partial charge in [-0.15, -0.1) is 11.3 Å². The van der Waals surface area contributed by atoms with E-state index in [4.69, 9.17) is 4.74 Å². The molecule has 0 radical (unpaired) electrons. The molecule has 0 atom stereocenters. The summed E-state index contributed by atoms with van der Waals surface area (Å²) >= 11 is 1.68. The first-order valence-corrected chi connectivity index (χ1v) is 6.37. The molecule has 0 aliphatic carbocycles. The van der Waals surface area contributed by atoms with Gasteiger partial charge in [0, 0.05) is 19.4 Å².